The molecule has 2 N–H and O–H groups in total. The highest BCUT2D eigenvalue weighted by molar-refractivity contribution is 7.92. The van der Waals surface area contributed by atoms with Crippen LogP contribution >= 0.6 is 23.2 Å². The predicted octanol–water partition coefficient (Wildman–Crippen LogP) is 5.32. The summed E-state index contributed by atoms with van der Waals surface area (Å²) >= 11 is 11.3. The lowest BCUT2D eigenvalue weighted by Gasteiger charge is -2.10. The van der Waals surface area contributed by atoms with Crippen LogP contribution in [0.3, 0.4) is 0 Å². The Kier molecular flexibility index (Phi) is 6.07. The number of carbonyl (C=O) groups is 1. The van der Waals surface area contributed by atoms with Gasteiger partial charge in [-0.1, -0.05) is 23.2 Å². The smallest absolute Gasteiger partial charge is 0.261 e. The van der Waals surface area contributed by atoms with E-state index in [0.29, 0.717) is 0 Å². The van der Waals surface area contributed by atoms with Crippen LogP contribution in [0, 0.1) is 11.6 Å². The third kappa shape index (κ3) is 5.03. The number of benzene rings is 3. The van der Waals surface area contributed by atoms with Crippen LogP contribution in [0.4, 0.5) is 20.2 Å². The number of amides is 1. The molecular weight excluding hydrogens is 445 g/mol. The largest absolute Gasteiger partial charge is 0.319 e. The number of hydrogen-bond acceptors (Lipinski definition) is 3. The van der Waals surface area contributed by atoms with Crippen molar-refractivity contribution in [1.29, 1.82) is 0 Å². The van der Waals surface area contributed by atoms with E-state index >= 15 is 0 Å². The fraction of sp³-hybridized carbons (Fsp3) is 0. The summed E-state index contributed by atoms with van der Waals surface area (Å²) in [4.78, 5) is 12.0. The zero-order valence-electron chi connectivity index (χ0n) is 14.4. The number of nitrogens with one attached hydrogen (secondary N) is 2. The number of sulfonamides is 1. The first-order chi connectivity index (χ1) is 13.7. The van der Waals surface area contributed by atoms with Gasteiger partial charge in [0.15, 0.2) is 0 Å². The fourth-order valence-electron chi connectivity index (χ4n) is 2.33. The minimum absolute atomic E-state index is 0.0441. The maximum Gasteiger partial charge on any atom is 0.261 e. The Morgan fingerprint density at radius 3 is 2.17 bits per heavy atom. The number of rotatable bonds is 5. The van der Waals surface area contributed by atoms with Gasteiger partial charge in [-0.3, -0.25) is 9.52 Å². The molecule has 0 atom stereocenters. The van der Waals surface area contributed by atoms with E-state index in [1.54, 1.807) is 0 Å². The Morgan fingerprint density at radius 2 is 1.55 bits per heavy atom. The van der Waals surface area contributed by atoms with Gasteiger partial charge in [-0.05, 0) is 60.7 Å². The van der Waals surface area contributed by atoms with Crippen molar-refractivity contribution in [3.05, 3.63) is 87.9 Å². The lowest BCUT2D eigenvalue weighted by Crippen LogP contribution is -2.15. The van der Waals surface area contributed by atoms with Crippen LogP contribution in [0.25, 0.3) is 0 Å². The van der Waals surface area contributed by atoms with Crippen LogP contribution in [-0.4, -0.2) is 14.3 Å². The van der Waals surface area contributed by atoms with E-state index in [2.05, 4.69) is 10.0 Å². The molecule has 0 bridgehead atoms. The second-order valence-corrected chi connectivity index (χ2v) is 8.36. The zero-order chi connectivity index (χ0) is 21.2. The van der Waals surface area contributed by atoms with Gasteiger partial charge in [-0.25, -0.2) is 17.2 Å². The minimum Gasteiger partial charge on any atom is -0.319 e. The minimum atomic E-state index is -4.01. The van der Waals surface area contributed by atoms with Gasteiger partial charge < -0.3 is 5.32 Å². The summed E-state index contributed by atoms with van der Waals surface area (Å²) in [6.45, 7) is 0. The van der Waals surface area contributed by atoms with Crippen molar-refractivity contribution >= 4 is 50.5 Å². The van der Waals surface area contributed by atoms with E-state index in [-0.39, 0.29) is 31.9 Å². The van der Waals surface area contributed by atoms with Crippen LogP contribution in [0.2, 0.25) is 10.0 Å². The molecule has 0 fully saturated rings. The SMILES string of the molecule is O=C(Nc1ccc(Cl)cc1F)c1ccc(NS(=O)(=O)c2ccc(F)c(Cl)c2)cc1. The molecule has 5 nitrogen and oxygen atoms in total. The highest BCUT2D eigenvalue weighted by atomic mass is 35.5. The Hall–Kier alpha value is -2.68. The standard InChI is InChI=1S/C19H12Cl2F2N2O3S/c20-12-3-8-18(17(23)9-12)24-19(26)11-1-4-13(5-2-11)25-29(27,28)14-6-7-16(22)15(21)10-14/h1-10,25H,(H,24,26). The van der Waals surface area contributed by atoms with Gasteiger partial charge in [0.1, 0.15) is 11.6 Å². The molecule has 0 aromatic heterocycles. The molecule has 150 valence electrons. The van der Waals surface area contributed by atoms with Crippen molar-refractivity contribution < 1.29 is 22.0 Å². The van der Waals surface area contributed by atoms with Gasteiger partial charge in [0.25, 0.3) is 15.9 Å². The Balaban J connectivity index is 1.74. The lowest BCUT2D eigenvalue weighted by atomic mass is 10.2. The van der Waals surface area contributed by atoms with Crippen molar-refractivity contribution in [2.24, 2.45) is 0 Å². The van der Waals surface area contributed by atoms with Crippen LogP contribution < -0.4 is 10.0 Å². The summed E-state index contributed by atoms with van der Waals surface area (Å²) in [5.41, 5.74) is 0.296. The van der Waals surface area contributed by atoms with Gasteiger partial charge in [0.2, 0.25) is 0 Å². The summed E-state index contributed by atoms with van der Waals surface area (Å²) in [6.07, 6.45) is 0. The number of anilines is 2. The van der Waals surface area contributed by atoms with E-state index in [4.69, 9.17) is 23.2 Å². The van der Waals surface area contributed by atoms with Crippen LogP contribution in [0.5, 0.6) is 0 Å². The maximum atomic E-state index is 13.8. The molecule has 0 aliphatic carbocycles. The Labute approximate surface area is 175 Å². The first-order valence-corrected chi connectivity index (χ1v) is 10.2. The maximum absolute atomic E-state index is 13.8. The van der Waals surface area contributed by atoms with E-state index in [1.165, 1.54) is 36.4 Å². The molecule has 3 aromatic carbocycles. The first kappa shape index (κ1) is 21.0. The molecule has 3 aromatic rings. The molecule has 0 saturated heterocycles. The summed E-state index contributed by atoms with van der Waals surface area (Å²) in [6, 6.07) is 12.3. The molecule has 0 aliphatic heterocycles. The quantitative estimate of drug-likeness (QED) is 0.544. The normalized spacial score (nSPS) is 11.2. The molecule has 0 radical (unpaired) electrons. The highest BCUT2D eigenvalue weighted by Gasteiger charge is 2.17. The molecule has 1 amide bonds. The molecular formula is C19H12Cl2F2N2O3S. The molecule has 0 saturated carbocycles. The Morgan fingerprint density at radius 1 is 0.862 bits per heavy atom. The molecule has 10 heteroatoms. The van der Waals surface area contributed by atoms with Crippen LogP contribution in [0.15, 0.2) is 65.6 Å². The van der Waals surface area contributed by atoms with Gasteiger partial charge in [-0.15, -0.1) is 0 Å². The number of halogens is 4. The van der Waals surface area contributed by atoms with E-state index < -0.39 is 27.6 Å². The average molecular weight is 457 g/mol. The first-order valence-electron chi connectivity index (χ1n) is 8.00. The van der Waals surface area contributed by atoms with Crippen LogP contribution in [-0.2, 0) is 10.0 Å². The van der Waals surface area contributed by atoms with Crippen molar-refractivity contribution in [3.63, 3.8) is 0 Å². The van der Waals surface area contributed by atoms with Gasteiger partial charge in [0.05, 0.1) is 15.6 Å². The van der Waals surface area contributed by atoms with Gasteiger partial charge in [0, 0.05) is 16.3 Å². The Bertz CT molecular complexity index is 1190. The van der Waals surface area contributed by atoms with E-state index in [9.17, 15) is 22.0 Å². The average Bonchev–Trinajstić information content (AvgIpc) is 2.66. The summed E-state index contributed by atoms with van der Waals surface area (Å²) in [7, 11) is -4.01. The topological polar surface area (TPSA) is 75.3 Å². The molecule has 29 heavy (non-hydrogen) atoms. The number of hydrogen-bond donors (Lipinski definition) is 2. The fourth-order valence-corrected chi connectivity index (χ4v) is 3.82. The van der Waals surface area contributed by atoms with Crippen LogP contribution in [0.1, 0.15) is 10.4 Å². The molecule has 0 aliphatic rings. The van der Waals surface area contributed by atoms with E-state index in [1.807, 2.05) is 0 Å². The molecule has 0 spiro atoms. The summed E-state index contributed by atoms with van der Waals surface area (Å²) in [5, 5.41) is 2.27. The molecule has 0 unspecified atom stereocenters. The predicted molar refractivity (Wildman–Crippen MR) is 108 cm³/mol. The molecule has 3 rings (SSSR count). The number of carbonyl (C=O) groups excluding carboxylic acids is 1. The van der Waals surface area contributed by atoms with Crippen molar-refractivity contribution in [3.8, 4) is 0 Å². The van der Waals surface area contributed by atoms with Gasteiger partial charge in [-0.2, -0.15) is 0 Å². The monoisotopic (exact) mass is 456 g/mol. The third-order valence-electron chi connectivity index (χ3n) is 3.78. The van der Waals surface area contributed by atoms with Crippen molar-refractivity contribution in [2.45, 2.75) is 4.90 Å². The highest BCUT2D eigenvalue weighted by Crippen LogP contribution is 2.23. The second-order valence-electron chi connectivity index (χ2n) is 5.84. The summed E-state index contributed by atoms with van der Waals surface area (Å²) < 4.78 is 54.0. The zero-order valence-corrected chi connectivity index (χ0v) is 16.7. The van der Waals surface area contributed by atoms with Crippen molar-refractivity contribution in [1.82, 2.24) is 0 Å². The van der Waals surface area contributed by atoms with Gasteiger partial charge >= 0.3 is 0 Å². The molecule has 0 heterocycles. The summed E-state index contributed by atoms with van der Waals surface area (Å²) in [5.74, 6) is -2.02. The van der Waals surface area contributed by atoms with Crippen molar-refractivity contribution in [2.75, 3.05) is 10.0 Å². The van der Waals surface area contributed by atoms with E-state index in [0.717, 1.165) is 24.3 Å². The second kappa shape index (κ2) is 8.36. The lowest BCUT2D eigenvalue weighted by molar-refractivity contribution is 0.102. The third-order valence-corrected chi connectivity index (χ3v) is 5.68.